The normalized spacial score (nSPS) is 10.8. The van der Waals surface area contributed by atoms with Gasteiger partial charge < -0.3 is 5.32 Å². The zero-order chi connectivity index (χ0) is 17.5. The lowest BCUT2D eigenvalue weighted by Crippen LogP contribution is -2.24. The minimum absolute atomic E-state index is 0.00367. The molecule has 0 aliphatic rings. The van der Waals surface area contributed by atoms with Gasteiger partial charge in [-0.25, -0.2) is 0 Å². The minimum Gasteiger partial charge on any atom is -0.350 e. The first-order chi connectivity index (χ1) is 12.2. The predicted octanol–water partition coefficient (Wildman–Crippen LogP) is 4.95. The molecule has 0 saturated heterocycles. The number of thiophene rings is 1. The zero-order valence-corrected chi connectivity index (χ0v) is 17.0. The van der Waals surface area contributed by atoms with Crippen LogP contribution in [0.25, 0.3) is 0 Å². The fourth-order valence-corrected chi connectivity index (χ4v) is 5.39. The van der Waals surface area contributed by atoms with Crippen molar-refractivity contribution in [2.75, 3.05) is 5.75 Å². The molecule has 1 aromatic carbocycles. The third-order valence-corrected chi connectivity index (χ3v) is 7.42. The highest BCUT2D eigenvalue weighted by atomic mass is 35.5. The van der Waals surface area contributed by atoms with E-state index in [1.54, 1.807) is 23.1 Å². The van der Waals surface area contributed by atoms with Crippen molar-refractivity contribution in [3.8, 4) is 0 Å². The van der Waals surface area contributed by atoms with Gasteiger partial charge in [0, 0.05) is 15.7 Å². The Balaban J connectivity index is 1.40. The summed E-state index contributed by atoms with van der Waals surface area (Å²) >= 11 is 12.1. The van der Waals surface area contributed by atoms with Crippen LogP contribution in [-0.4, -0.2) is 21.9 Å². The Kier molecular flexibility index (Phi) is 7.18. The van der Waals surface area contributed by atoms with Crippen molar-refractivity contribution in [1.29, 1.82) is 0 Å². The first kappa shape index (κ1) is 18.7. The van der Waals surface area contributed by atoms with Gasteiger partial charge in [-0.2, -0.15) is 0 Å². The van der Waals surface area contributed by atoms with Crippen molar-refractivity contribution in [1.82, 2.24) is 15.5 Å². The van der Waals surface area contributed by atoms with Crippen molar-refractivity contribution >= 4 is 63.7 Å². The van der Waals surface area contributed by atoms with E-state index in [0.717, 1.165) is 24.3 Å². The van der Waals surface area contributed by atoms with Crippen LogP contribution in [-0.2, 0) is 17.1 Å². The van der Waals surface area contributed by atoms with Gasteiger partial charge in [0.05, 0.1) is 12.3 Å². The van der Waals surface area contributed by atoms with Gasteiger partial charge >= 0.3 is 0 Å². The molecule has 2 heterocycles. The largest absolute Gasteiger partial charge is 0.350 e. The van der Waals surface area contributed by atoms with Crippen molar-refractivity contribution in [2.24, 2.45) is 0 Å². The Labute approximate surface area is 167 Å². The zero-order valence-electron chi connectivity index (χ0n) is 13.0. The summed E-state index contributed by atoms with van der Waals surface area (Å²) in [5, 5.41) is 13.9. The Morgan fingerprint density at radius 2 is 1.88 bits per heavy atom. The molecule has 0 unspecified atom stereocenters. The number of halogens is 1. The number of thioether (sulfide) groups is 2. The molecule has 1 N–H and O–H groups in total. The smallest absolute Gasteiger partial charge is 0.230 e. The van der Waals surface area contributed by atoms with Crippen molar-refractivity contribution in [3.63, 3.8) is 0 Å². The molecule has 0 aliphatic carbocycles. The molecule has 0 atom stereocenters. The molecule has 0 aliphatic heterocycles. The van der Waals surface area contributed by atoms with Gasteiger partial charge in [-0.15, -0.1) is 21.5 Å². The van der Waals surface area contributed by atoms with E-state index in [-0.39, 0.29) is 5.91 Å². The van der Waals surface area contributed by atoms with E-state index in [0.29, 0.717) is 12.3 Å². The van der Waals surface area contributed by atoms with Crippen LogP contribution in [0, 0.1) is 0 Å². The molecule has 0 spiro atoms. The van der Waals surface area contributed by atoms with E-state index in [4.69, 9.17) is 11.6 Å². The second-order valence-electron chi connectivity index (χ2n) is 4.89. The quantitative estimate of drug-likeness (QED) is 0.515. The molecule has 2 aromatic heterocycles. The fourth-order valence-electron chi connectivity index (χ4n) is 1.82. The van der Waals surface area contributed by atoms with Gasteiger partial charge in [-0.05, 0) is 29.1 Å². The summed E-state index contributed by atoms with van der Waals surface area (Å²) in [6.07, 6.45) is 0. The first-order valence-corrected chi connectivity index (χ1v) is 11.4. The van der Waals surface area contributed by atoms with E-state index in [1.165, 1.54) is 28.7 Å². The number of nitrogens with zero attached hydrogens (tertiary/aromatic N) is 2. The molecular formula is C16H14ClN3OS4. The van der Waals surface area contributed by atoms with Crippen LogP contribution in [0.4, 0.5) is 0 Å². The first-order valence-electron chi connectivity index (χ1n) is 7.31. The summed E-state index contributed by atoms with van der Waals surface area (Å²) in [5.74, 6) is 1.17. The van der Waals surface area contributed by atoms with Crippen LogP contribution in [0.1, 0.15) is 10.4 Å². The Hall–Kier alpha value is -1.06. The van der Waals surface area contributed by atoms with Crippen LogP contribution in [0.2, 0.25) is 5.02 Å². The summed E-state index contributed by atoms with van der Waals surface area (Å²) in [4.78, 5) is 13.0. The number of rotatable bonds is 8. The summed E-state index contributed by atoms with van der Waals surface area (Å²) in [5.41, 5.74) is 1.19. The van der Waals surface area contributed by atoms with Crippen LogP contribution < -0.4 is 5.32 Å². The molecule has 25 heavy (non-hydrogen) atoms. The van der Waals surface area contributed by atoms with E-state index in [2.05, 4.69) is 15.5 Å². The molecule has 1 amide bonds. The Bertz CT molecular complexity index is 805. The molecule has 0 bridgehead atoms. The van der Waals surface area contributed by atoms with E-state index in [1.807, 2.05) is 41.8 Å². The molecule has 9 heteroatoms. The molecule has 0 radical (unpaired) electrons. The second-order valence-corrected chi connectivity index (χ2v) is 9.78. The van der Waals surface area contributed by atoms with Crippen molar-refractivity contribution in [2.45, 2.75) is 21.0 Å². The summed E-state index contributed by atoms with van der Waals surface area (Å²) in [6, 6.07) is 11.8. The lowest BCUT2D eigenvalue weighted by molar-refractivity contribution is -0.118. The molecule has 130 valence electrons. The standard InChI is InChI=1S/C16H14ClN3OS4/c17-12-5-3-11(4-6-12)9-23-15-19-20-16(25-15)24-10-14(21)18-8-13-2-1-7-22-13/h1-7H,8-10H2,(H,18,21). The number of nitrogens with one attached hydrogen (secondary N) is 1. The third-order valence-electron chi connectivity index (χ3n) is 3.03. The molecule has 0 fully saturated rings. The number of hydrogen-bond acceptors (Lipinski definition) is 7. The highest BCUT2D eigenvalue weighted by molar-refractivity contribution is 8.03. The SMILES string of the molecule is O=C(CSc1nnc(SCc2ccc(Cl)cc2)s1)NCc1cccs1. The van der Waals surface area contributed by atoms with Gasteiger partial charge in [0.15, 0.2) is 8.68 Å². The number of carbonyl (C=O) groups excluding carboxylic acids is 1. The van der Waals surface area contributed by atoms with Crippen molar-refractivity contribution in [3.05, 3.63) is 57.2 Å². The Morgan fingerprint density at radius 1 is 1.12 bits per heavy atom. The summed E-state index contributed by atoms with van der Waals surface area (Å²) < 4.78 is 1.71. The Morgan fingerprint density at radius 3 is 2.60 bits per heavy atom. The highest BCUT2D eigenvalue weighted by Gasteiger charge is 2.09. The third kappa shape index (κ3) is 6.31. The maximum Gasteiger partial charge on any atom is 0.230 e. The van der Waals surface area contributed by atoms with Crippen LogP contribution in [0.15, 0.2) is 50.5 Å². The fraction of sp³-hybridized carbons (Fsp3) is 0.188. The number of aromatic nitrogens is 2. The van der Waals surface area contributed by atoms with Gasteiger partial charge in [-0.3, -0.25) is 4.79 Å². The molecule has 0 saturated carbocycles. The number of carbonyl (C=O) groups is 1. The molecule has 3 rings (SSSR count). The molecule has 3 aromatic rings. The molecule has 4 nitrogen and oxygen atoms in total. The van der Waals surface area contributed by atoms with Gasteiger partial charge in [0.1, 0.15) is 0 Å². The second kappa shape index (κ2) is 9.59. The van der Waals surface area contributed by atoms with Gasteiger partial charge in [0.2, 0.25) is 5.91 Å². The monoisotopic (exact) mass is 427 g/mol. The summed E-state index contributed by atoms with van der Waals surface area (Å²) in [7, 11) is 0. The number of amides is 1. The average molecular weight is 428 g/mol. The summed E-state index contributed by atoms with van der Waals surface area (Å²) in [6.45, 7) is 0.579. The predicted molar refractivity (Wildman–Crippen MR) is 108 cm³/mol. The topological polar surface area (TPSA) is 54.9 Å². The maximum absolute atomic E-state index is 11.9. The van der Waals surface area contributed by atoms with Crippen LogP contribution in [0.3, 0.4) is 0 Å². The lowest BCUT2D eigenvalue weighted by Gasteiger charge is -2.01. The average Bonchev–Trinajstić information content (AvgIpc) is 3.29. The highest BCUT2D eigenvalue weighted by Crippen LogP contribution is 2.30. The van der Waals surface area contributed by atoms with E-state index < -0.39 is 0 Å². The molecular weight excluding hydrogens is 414 g/mol. The van der Waals surface area contributed by atoms with Crippen LogP contribution in [0.5, 0.6) is 0 Å². The lowest BCUT2D eigenvalue weighted by atomic mass is 10.2. The minimum atomic E-state index is 0.00367. The van der Waals surface area contributed by atoms with E-state index in [9.17, 15) is 4.79 Å². The maximum atomic E-state index is 11.9. The van der Waals surface area contributed by atoms with Gasteiger partial charge in [0.25, 0.3) is 0 Å². The van der Waals surface area contributed by atoms with Crippen molar-refractivity contribution < 1.29 is 4.79 Å². The number of hydrogen-bond donors (Lipinski definition) is 1. The van der Waals surface area contributed by atoms with E-state index >= 15 is 0 Å². The number of benzene rings is 1. The van der Waals surface area contributed by atoms with Crippen LogP contribution >= 0.6 is 57.8 Å². The van der Waals surface area contributed by atoms with Gasteiger partial charge in [-0.1, -0.05) is 64.7 Å².